The van der Waals surface area contributed by atoms with Gasteiger partial charge in [0.2, 0.25) is 0 Å². The molecule has 0 radical (unpaired) electrons. The van der Waals surface area contributed by atoms with E-state index in [1.54, 1.807) is 0 Å². The molecule has 1 aromatic heterocycles. The summed E-state index contributed by atoms with van der Waals surface area (Å²) in [5.74, 6) is 1.12. The van der Waals surface area contributed by atoms with Crippen LogP contribution in [0.1, 0.15) is 5.82 Å². The molecule has 1 aromatic rings. The second kappa shape index (κ2) is 5.38. The van der Waals surface area contributed by atoms with Crippen LogP contribution in [0.5, 0.6) is 0 Å². The number of hydrogen-bond donors (Lipinski definition) is 1. The van der Waals surface area contributed by atoms with Crippen molar-refractivity contribution in [3.8, 4) is 0 Å². The minimum absolute atomic E-state index is 0.802. The van der Waals surface area contributed by atoms with Gasteiger partial charge in [-0.3, -0.25) is 9.80 Å². The maximum absolute atomic E-state index is 4.26. The topological polar surface area (TPSA) is 36.3 Å². The summed E-state index contributed by atoms with van der Waals surface area (Å²) in [5, 5.41) is 3.41. The lowest BCUT2D eigenvalue weighted by atomic mass is 10.1. The molecule has 3 heterocycles. The molecule has 3 rings (SSSR count). The van der Waals surface area contributed by atoms with E-state index in [9.17, 15) is 0 Å². The molecule has 5 heteroatoms. The summed E-state index contributed by atoms with van der Waals surface area (Å²) in [6.45, 7) is 11.5. The van der Waals surface area contributed by atoms with Gasteiger partial charge in [-0.1, -0.05) is 0 Å². The van der Waals surface area contributed by atoms with Crippen LogP contribution in [0, 0.1) is 6.92 Å². The molecule has 18 heavy (non-hydrogen) atoms. The zero-order chi connectivity index (χ0) is 12.4. The first-order valence-electron chi connectivity index (χ1n) is 6.98. The molecule has 0 amide bonds. The van der Waals surface area contributed by atoms with Crippen LogP contribution in [0.25, 0.3) is 0 Å². The van der Waals surface area contributed by atoms with Gasteiger partial charge in [-0.25, -0.2) is 4.98 Å². The molecule has 2 aliphatic rings. The average molecular weight is 249 g/mol. The Morgan fingerprint density at radius 2 is 2.06 bits per heavy atom. The van der Waals surface area contributed by atoms with E-state index in [1.165, 1.54) is 26.2 Å². The molecular weight excluding hydrogens is 226 g/mol. The molecule has 0 aromatic carbocycles. The van der Waals surface area contributed by atoms with Crippen molar-refractivity contribution < 1.29 is 0 Å². The number of hydrogen-bond acceptors (Lipinski definition) is 4. The average Bonchev–Trinajstić information content (AvgIpc) is 2.74. The SMILES string of the molecule is Cc1nccn1CCN1CC(N2CCNCC2)C1. The molecule has 2 fully saturated rings. The van der Waals surface area contributed by atoms with Crippen LogP contribution in [-0.4, -0.2) is 71.2 Å². The lowest BCUT2D eigenvalue weighted by Crippen LogP contribution is -2.62. The van der Waals surface area contributed by atoms with Crippen molar-refractivity contribution in [3.05, 3.63) is 18.2 Å². The largest absolute Gasteiger partial charge is 0.334 e. The van der Waals surface area contributed by atoms with Gasteiger partial charge >= 0.3 is 0 Å². The van der Waals surface area contributed by atoms with Crippen LogP contribution in [0.15, 0.2) is 12.4 Å². The minimum Gasteiger partial charge on any atom is -0.334 e. The number of rotatable bonds is 4. The van der Waals surface area contributed by atoms with Crippen LogP contribution >= 0.6 is 0 Å². The maximum Gasteiger partial charge on any atom is 0.105 e. The predicted octanol–water partition coefficient (Wildman–Crippen LogP) is -0.219. The monoisotopic (exact) mass is 249 g/mol. The summed E-state index contributed by atoms with van der Waals surface area (Å²) in [6.07, 6.45) is 3.96. The van der Waals surface area contributed by atoms with E-state index >= 15 is 0 Å². The molecule has 2 saturated heterocycles. The van der Waals surface area contributed by atoms with E-state index in [0.29, 0.717) is 0 Å². The van der Waals surface area contributed by atoms with Crippen molar-refractivity contribution in [1.82, 2.24) is 24.7 Å². The van der Waals surface area contributed by atoms with Crippen LogP contribution in [-0.2, 0) is 6.54 Å². The third-order valence-electron chi connectivity index (χ3n) is 4.19. The van der Waals surface area contributed by atoms with Gasteiger partial charge in [0, 0.05) is 70.8 Å². The first-order chi connectivity index (χ1) is 8.83. The lowest BCUT2D eigenvalue weighted by Gasteiger charge is -2.46. The van der Waals surface area contributed by atoms with Crippen molar-refractivity contribution >= 4 is 0 Å². The van der Waals surface area contributed by atoms with E-state index in [0.717, 1.165) is 38.0 Å². The maximum atomic E-state index is 4.26. The van der Waals surface area contributed by atoms with Crippen molar-refractivity contribution in [2.45, 2.75) is 19.5 Å². The molecule has 100 valence electrons. The Kier molecular flexibility index (Phi) is 3.63. The van der Waals surface area contributed by atoms with Crippen molar-refractivity contribution in [2.75, 3.05) is 45.8 Å². The van der Waals surface area contributed by atoms with Crippen molar-refractivity contribution in [1.29, 1.82) is 0 Å². The number of piperazine rings is 1. The summed E-state index contributed by atoms with van der Waals surface area (Å²) in [5.41, 5.74) is 0. The zero-order valence-electron chi connectivity index (χ0n) is 11.2. The minimum atomic E-state index is 0.802. The quantitative estimate of drug-likeness (QED) is 0.800. The fourth-order valence-electron chi connectivity index (χ4n) is 2.89. The molecule has 0 saturated carbocycles. The highest BCUT2D eigenvalue weighted by atomic mass is 15.3. The molecule has 0 spiro atoms. The van der Waals surface area contributed by atoms with Gasteiger partial charge in [0.1, 0.15) is 5.82 Å². The Labute approximate surface area is 109 Å². The second-order valence-electron chi connectivity index (χ2n) is 5.37. The number of aromatic nitrogens is 2. The summed E-state index contributed by atoms with van der Waals surface area (Å²) < 4.78 is 2.23. The highest BCUT2D eigenvalue weighted by molar-refractivity contribution is 4.92. The fourth-order valence-corrected chi connectivity index (χ4v) is 2.89. The molecule has 0 bridgehead atoms. The molecule has 1 N–H and O–H groups in total. The number of aryl methyl sites for hydroxylation is 1. The van der Waals surface area contributed by atoms with E-state index in [4.69, 9.17) is 0 Å². The number of nitrogens with zero attached hydrogens (tertiary/aromatic N) is 4. The standard InChI is InChI=1S/C13H23N5/c1-12-15-4-7-17(12)9-8-16-10-13(11-16)18-5-2-14-3-6-18/h4,7,13-14H,2-3,5-6,8-11H2,1H3. The molecule has 0 atom stereocenters. The Hall–Kier alpha value is -0.910. The van der Waals surface area contributed by atoms with Gasteiger partial charge in [0.25, 0.3) is 0 Å². The summed E-state index contributed by atoms with van der Waals surface area (Å²) >= 11 is 0. The van der Waals surface area contributed by atoms with E-state index in [1.807, 2.05) is 6.20 Å². The zero-order valence-corrected chi connectivity index (χ0v) is 11.2. The van der Waals surface area contributed by atoms with Crippen molar-refractivity contribution in [3.63, 3.8) is 0 Å². The molecular formula is C13H23N5. The van der Waals surface area contributed by atoms with Crippen LogP contribution < -0.4 is 5.32 Å². The summed E-state index contributed by atoms with van der Waals surface area (Å²) in [7, 11) is 0. The highest BCUT2D eigenvalue weighted by Gasteiger charge is 2.31. The second-order valence-corrected chi connectivity index (χ2v) is 5.37. The van der Waals surface area contributed by atoms with E-state index < -0.39 is 0 Å². The smallest absolute Gasteiger partial charge is 0.105 e. The van der Waals surface area contributed by atoms with Gasteiger partial charge in [-0.2, -0.15) is 0 Å². The van der Waals surface area contributed by atoms with E-state index in [-0.39, 0.29) is 0 Å². The van der Waals surface area contributed by atoms with E-state index in [2.05, 4.69) is 37.8 Å². The third-order valence-corrected chi connectivity index (χ3v) is 4.19. The van der Waals surface area contributed by atoms with Gasteiger partial charge < -0.3 is 9.88 Å². The normalized spacial score (nSPS) is 23.2. The first-order valence-corrected chi connectivity index (χ1v) is 6.98. The third kappa shape index (κ3) is 2.58. The van der Waals surface area contributed by atoms with Crippen LogP contribution in [0.4, 0.5) is 0 Å². The molecule has 2 aliphatic heterocycles. The number of likely N-dealkylation sites (tertiary alicyclic amines) is 1. The van der Waals surface area contributed by atoms with Crippen LogP contribution in [0.3, 0.4) is 0 Å². The number of imidazole rings is 1. The summed E-state index contributed by atoms with van der Waals surface area (Å²) in [6, 6.07) is 0.802. The molecule has 0 unspecified atom stereocenters. The summed E-state index contributed by atoms with van der Waals surface area (Å²) in [4.78, 5) is 9.44. The predicted molar refractivity (Wildman–Crippen MR) is 71.6 cm³/mol. The number of nitrogens with one attached hydrogen (secondary N) is 1. The Morgan fingerprint density at radius 1 is 1.28 bits per heavy atom. The Balaban J connectivity index is 1.39. The Bertz CT molecular complexity index is 376. The highest BCUT2D eigenvalue weighted by Crippen LogP contribution is 2.15. The first kappa shape index (κ1) is 12.1. The molecule has 0 aliphatic carbocycles. The Morgan fingerprint density at radius 3 is 2.72 bits per heavy atom. The van der Waals surface area contributed by atoms with Gasteiger partial charge in [0.15, 0.2) is 0 Å². The van der Waals surface area contributed by atoms with Gasteiger partial charge in [-0.15, -0.1) is 0 Å². The van der Waals surface area contributed by atoms with Crippen molar-refractivity contribution in [2.24, 2.45) is 0 Å². The lowest BCUT2D eigenvalue weighted by molar-refractivity contribution is 0.0254. The van der Waals surface area contributed by atoms with Gasteiger partial charge in [0.05, 0.1) is 0 Å². The van der Waals surface area contributed by atoms with Crippen LogP contribution in [0.2, 0.25) is 0 Å². The molecule has 5 nitrogen and oxygen atoms in total. The fraction of sp³-hybridized carbons (Fsp3) is 0.769. The van der Waals surface area contributed by atoms with Gasteiger partial charge in [-0.05, 0) is 6.92 Å².